The Morgan fingerprint density at radius 3 is 2.71 bits per heavy atom. The molecule has 0 saturated heterocycles. The molecule has 74 valence electrons. The average Bonchev–Trinajstić information content (AvgIpc) is 2.23. The van der Waals surface area contributed by atoms with E-state index in [1.807, 2.05) is 24.3 Å². The fourth-order valence-corrected chi connectivity index (χ4v) is 1.15. The van der Waals surface area contributed by atoms with Crippen LogP contribution in [0.2, 0.25) is 0 Å². The van der Waals surface area contributed by atoms with Crippen molar-refractivity contribution in [1.29, 1.82) is 0 Å². The third kappa shape index (κ3) is 3.56. The summed E-state index contributed by atoms with van der Waals surface area (Å²) in [6, 6.07) is 0. The van der Waals surface area contributed by atoms with Crippen molar-refractivity contribution in [2.45, 2.75) is 20.8 Å². The second-order valence-electron chi connectivity index (χ2n) is 4.12. The van der Waals surface area contributed by atoms with Crippen LogP contribution in [0.5, 0.6) is 0 Å². The van der Waals surface area contributed by atoms with Crippen LogP contribution in [-0.4, -0.2) is 5.78 Å². The third-order valence-corrected chi connectivity index (χ3v) is 2.03. The van der Waals surface area contributed by atoms with Crippen LogP contribution in [0.4, 0.5) is 0 Å². The molecule has 0 fully saturated rings. The van der Waals surface area contributed by atoms with E-state index in [9.17, 15) is 4.79 Å². The first-order chi connectivity index (χ1) is 6.49. The van der Waals surface area contributed by atoms with Crippen molar-refractivity contribution in [2.24, 2.45) is 5.41 Å². The summed E-state index contributed by atoms with van der Waals surface area (Å²) in [5.41, 5.74) is 1.16. The van der Waals surface area contributed by atoms with Gasteiger partial charge in [0.15, 0.2) is 5.78 Å². The van der Waals surface area contributed by atoms with E-state index >= 15 is 0 Å². The van der Waals surface area contributed by atoms with E-state index in [2.05, 4.69) is 26.0 Å². The average molecular weight is 188 g/mol. The molecular weight excluding hydrogens is 172 g/mol. The molecule has 14 heavy (non-hydrogen) atoms. The monoisotopic (exact) mass is 188 g/mol. The number of carbonyl (C=O) groups is 1. The summed E-state index contributed by atoms with van der Waals surface area (Å²) in [6.45, 7) is 5.84. The van der Waals surface area contributed by atoms with Gasteiger partial charge >= 0.3 is 0 Å². The molecule has 0 aromatic heterocycles. The Morgan fingerprint density at radius 2 is 2.07 bits per heavy atom. The van der Waals surface area contributed by atoms with Crippen molar-refractivity contribution in [1.82, 2.24) is 0 Å². The van der Waals surface area contributed by atoms with E-state index < -0.39 is 0 Å². The van der Waals surface area contributed by atoms with E-state index in [1.165, 1.54) is 0 Å². The summed E-state index contributed by atoms with van der Waals surface area (Å²) >= 11 is 0. The predicted molar refractivity (Wildman–Crippen MR) is 60.0 cm³/mol. The first-order valence-electron chi connectivity index (χ1n) is 4.77. The molecule has 0 saturated carbocycles. The van der Waals surface area contributed by atoms with Gasteiger partial charge in [-0.3, -0.25) is 4.79 Å². The van der Waals surface area contributed by atoms with E-state index in [0.717, 1.165) is 5.57 Å². The van der Waals surface area contributed by atoms with Crippen LogP contribution < -0.4 is 0 Å². The Labute approximate surface area is 85.5 Å². The summed E-state index contributed by atoms with van der Waals surface area (Å²) < 4.78 is 0. The Balaban J connectivity index is 2.80. The molecule has 0 aromatic rings. The maximum atomic E-state index is 10.7. The maximum Gasteiger partial charge on any atom is 0.152 e. The van der Waals surface area contributed by atoms with Gasteiger partial charge in [0, 0.05) is 5.41 Å². The van der Waals surface area contributed by atoms with Gasteiger partial charge in [-0.1, -0.05) is 50.3 Å². The largest absolute Gasteiger partial charge is 0.295 e. The molecule has 0 spiro atoms. The van der Waals surface area contributed by atoms with Crippen LogP contribution in [-0.2, 0) is 4.79 Å². The minimum Gasteiger partial charge on any atom is -0.295 e. The molecule has 0 radical (unpaired) electrons. The molecule has 1 aliphatic carbocycles. The number of rotatable bonds is 2. The highest BCUT2D eigenvalue weighted by molar-refractivity contribution is 5.87. The lowest BCUT2D eigenvalue weighted by molar-refractivity contribution is -0.112. The lowest BCUT2D eigenvalue weighted by atomic mass is 9.93. The molecule has 0 bridgehead atoms. The topological polar surface area (TPSA) is 17.1 Å². The number of hydrogen-bond acceptors (Lipinski definition) is 1. The zero-order valence-corrected chi connectivity index (χ0v) is 8.95. The summed E-state index contributed by atoms with van der Waals surface area (Å²) in [7, 11) is 0. The van der Waals surface area contributed by atoms with Gasteiger partial charge in [0.05, 0.1) is 0 Å². The Morgan fingerprint density at radius 1 is 1.36 bits per heavy atom. The van der Waals surface area contributed by atoms with Gasteiger partial charge in [-0.25, -0.2) is 0 Å². The molecule has 0 aromatic carbocycles. The van der Waals surface area contributed by atoms with E-state index in [1.54, 1.807) is 13.0 Å². The van der Waals surface area contributed by atoms with Crippen molar-refractivity contribution >= 4 is 5.78 Å². The highest BCUT2D eigenvalue weighted by Crippen LogP contribution is 2.22. The number of hydrogen-bond donors (Lipinski definition) is 0. The molecule has 1 aliphatic rings. The number of carbonyl (C=O) groups excluding carboxylic acids is 1. The Kier molecular flexibility index (Phi) is 3.23. The van der Waals surface area contributed by atoms with E-state index in [4.69, 9.17) is 0 Å². The van der Waals surface area contributed by atoms with Gasteiger partial charge < -0.3 is 0 Å². The molecule has 1 nitrogen and oxygen atoms in total. The lowest BCUT2D eigenvalue weighted by Gasteiger charge is -2.12. The van der Waals surface area contributed by atoms with Crippen molar-refractivity contribution in [3.63, 3.8) is 0 Å². The van der Waals surface area contributed by atoms with Crippen LogP contribution in [0, 0.1) is 5.41 Å². The summed E-state index contributed by atoms with van der Waals surface area (Å²) in [6.07, 6.45) is 13.8. The van der Waals surface area contributed by atoms with Crippen molar-refractivity contribution < 1.29 is 4.79 Å². The summed E-state index contributed by atoms with van der Waals surface area (Å²) in [5.74, 6) is 0.0757. The molecule has 1 heteroatoms. The van der Waals surface area contributed by atoms with Crippen LogP contribution >= 0.6 is 0 Å². The van der Waals surface area contributed by atoms with Gasteiger partial charge in [0.1, 0.15) is 0 Å². The normalized spacial score (nSPS) is 19.5. The highest BCUT2D eigenvalue weighted by atomic mass is 16.1. The van der Waals surface area contributed by atoms with Crippen molar-refractivity contribution in [3.8, 4) is 0 Å². The molecule has 0 heterocycles. The Hall–Kier alpha value is -1.37. The molecule has 0 aliphatic heterocycles. The zero-order chi connectivity index (χ0) is 10.6. The van der Waals surface area contributed by atoms with Crippen LogP contribution in [0.25, 0.3) is 0 Å². The Bertz CT molecular complexity index is 338. The van der Waals surface area contributed by atoms with E-state index in [0.29, 0.717) is 0 Å². The van der Waals surface area contributed by atoms with Gasteiger partial charge in [-0.2, -0.15) is 0 Å². The van der Waals surface area contributed by atoms with Crippen LogP contribution in [0.3, 0.4) is 0 Å². The van der Waals surface area contributed by atoms with Crippen molar-refractivity contribution in [3.05, 3.63) is 48.1 Å². The minimum absolute atomic E-state index is 0.0757. The smallest absolute Gasteiger partial charge is 0.152 e. The zero-order valence-electron chi connectivity index (χ0n) is 8.95. The van der Waals surface area contributed by atoms with E-state index in [-0.39, 0.29) is 11.2 Å². The number of allylic oxidation sites excluding steroid dienone is 8. The first kappa shape index (κ1) is 10.7. The molecule has 1 rings (SSSR count). The maximum absolute atomic E-state index is 10.7. The van der Waals surface area contributed by atoms with Gasteiger partial charge in [-0.05, 0) is 18.6 Å². The molecular formula is C13H16O. The quantitative estimate of drug-likeness (QED) is 0.608. The minimum atomic E-state index is 0.0757. The predicted octanol–water partition coefficient (Wildman–Crippen LogP) is 3.21. The molecule has 0 amide bonds. The van der Waals surface area contributed by atoms with Crippen LogP contribution in [0.15, 0.2) is 48.1 Å². The lowest BCUT2D eigenvalue weighted by Crippen LogP contribution is -2.00. The summed E-state index contributed by atoms with van der Waals surface area (Å²) in [5, 5.41) is 0. The fourth-order valence-electron chi connectivity index (χ4n) is 1.15. The first-order valence-corrected chi connectivity index (χ1v) is 4.77. The second kappa shape index (κ2) is 4.23. The SMILES string of the molecule is CC(=O)C=CC1=CC=CC(C)(C)C=C1. The van der Waals surface area contributed by atoms with Gasteiger partial charge in [-0.15, -0.1) is 0 Å². The molecule has 0 unspecified atom stereocenters. The number of ketones is 1. The van der Waals surface area contributed by atoms with Crippen LogP contribution in [0.1, 0.15) is 20.8 Å². The van der Waals surface area contributed by atoms with Gasteiger partial charge in [0.25, 0.3) is 0 Å². The second-order valence-corrected chi connectivity index (χ2v) is 4.12. The summed E-state index contributed by atoms with van der Waals surface area (Å²) in [4.78, 5) is 10.7. The standard InChI is InChI=1S/C13H16O/c1-11(14)6-7-12-5-4-9-13(2,3)10-8-12/h4-10H,1-3H3. The fraction of sp³-hybridized carbons (Fsp3) is 0.308. The molecule has 0 atom stereocenters. The molecule has 0 N–H and O–H groups in total. The van der Waals surface area contributed by atoms with Crippen molar-refractivity contribution in [2.75, 3.05) is 0 Å². The highest BCUT2D eigenvalue weighted by Gasteiger charge is 2.09. The van der Waals surface area contributed by atoms with Gasteiger partial charge in [0.2, 0.25) is 0 Å². The third-order valence-electron chi connectivity index (χ3n) is 2.03.